The van der Waals surface area contributed by atoms with Crippen molar-refractivity contribution >= 4 is 5.91 Å². The van der Waals surface area contributed by atoms with Crippen molar-refractivity contribution in [1.82, 2.24) is 10.3 Å². The second-order valence-corrected chi connectivity index (χ2v) is 5.56. The number of aromatic nitrogens is 1. The van der Waals surface area contributed by atoms with Gasteiger partial charge in [0.1, 0.15) is 12.5 Å². The van der Waals surface area contributed by atoms with Crippen LogP contribution in [-0.2, 0) is 11.2 Å². The molecular formula is C17H16N2O2. The minimum Gasteiger partial charge on any atom is -0.476 e. The maximum Gasteiger partial charge on any atom is 0.231 e. The Labute approximate surface area is 123 Å². The summed E-state index contributed by atoms with van der Waals surface area (Å²) in [6.07, 6.45) is 3.69. The van der Waals surface area contributed by atoms with Gasteiger partial charge in [-0.05, 0) is 30.0 Å². The molecule has 0 spiro atoms. The normalized spacial score (nSPS) is 22.3. The van der Waals surface area contributed by atoms with E-state index in [2.05, 4.69) is 28.5 Å². The maximum absolute atomic E-state index is 12.6. The average molecular weight is 280 g/mol. The van der Waals surface area contributed by atoms with Gasteiger partial charge in [-0.3, -0.25) is 4.79 Å². The smallest absolute Gasteiger partial charge is 0.231 e. The third-order valence-corrected chi connectivity index (χ3v) is 4.33. The van der Waals surface area contributed by atoms with Gasteiger partial charge >= 0.3 is 0 Å². The van der Waals surface area contributed by atoms with Crippen LogP contribution in [0, 0.1) is 0 Å². The SMILES string of the molecule is O=C(N[C@@H]1CCc2ccccc21)[C@H]1COc2ncccc21. The van der Waals surface area contributed by atoms with Crippen molar-refractivity contribution in [2.45, 2.75) is 24.8 Å². The Bertz CT molecular complexity index is 699. The zero-order valence-corrected chi connectivity index (χ0v) is 11.6. The highest BCUT2D eigenvalue weighted by molar-refractivity contribution is 5.85. The molecule has 21 heavy (non-hydrogen) atoms. The first-order valence-corrected chi connectivity index (χ1v) is 7.29. The quantitative estimate of drug-likeness (QED) is 0.918. The molecule has 4 nitrogen and oxygen atoms in total. The van der Waals surface area contributed by atoms with Crippen LogP contribution in [0.1, 0.15) is 35.1 Å². The van der Waals surface area contributed by atoms with Crippen molar-refractivity contribution in [3.05, 3.63) is 59.3 Å². The number of amides is 1. The molecule has 2 aromatic rings. The molecule has 1 N–H and O–H groups in total. The number of aryl methyl sites for hydroxylation is 1. The molecule has 0 unspecified atom stereocenters. The molecule has 2 heterocycles. The molecule has 0 bridgehead atoms. The highest BCUT2D eigenvalue weighted by Crippen LogP contribution is 2.34. The van der Waals surface area contributed by atoms with Crippen LogP contribution in [0.15, 0.2) is 42.6 Å². The number of nitrogens with one attached hydrogen (secondary N) is 1. The summed E-state index contributed by atoms with van der Waals surface area (Å²) in [5.74, 6) is 0.370. The molecule has 0 saturated heterocycles. The van der Waals surface area contributed by atoms with E-state index in [9.17, 15) is 4.79 Å². The van der Waals surface area contributed by atoms with Crippen LogP contribution in [0.25, 0.3) is 0 Å². The van der Waals surface area contributed by atoms with Gasteiger partial charge in [-0.15, -0.1) is 0 Å². The first-order chi connectivity index (χ1) is 10.3. The summed E-state index contributed by atoms with van der Waals surface area (Å²) in [5, 5.41) is 3.17. The molecule has 106 valence electrons. The highest BCUT2D eigenvalue weighted by atomic mass is 16.5. The number of ether oxygens (including phenoxy) is 1. The fourth-order valence-corrected chi connectivity index (χ4v) is 3.24. The van der Waals surface area contributed by atoms with Crippen LogP contribution >= 0.6 is 0 Å². The number of pyridine rings is 1. The number of hydrogen-bond donors (Lipinski definition) is 1. The van der Waals surface area contributed by atoms with Crippen molar-refractivity contribution in [3.63, 3.8) is 0 Å². The van der Waals surface area contributed by atoms with Crippen molar-refractivity contribution < 1.29 is 9.53 Å². The van der Waals surface area contributed by atoms with Gasteiger partial charge in [0.25, 0.3) is 0 Å². The zero-order valence-electron chi connectivity index (χ0n) is 11.6. The Hall–Kier alpha value is -2.36. The van der Waals surface area contributed by atoms with Gasteiger partial charge in [-0.1, -0.05) is 30.3 Å². The van der Waals surface area contributed by atoms with Gasteiger partial charge in [0.15, 0.2) is 0 Å². The van der Waals surface area contributed by atoms with E-state index in [1.807, 2.05) is 18.2 Å². The summed E-state index contributed by atoms with van der Waals surface area (Å²) in [6, 6.07) is 12.2. The summed E-state index contributed by atoms with van der Waals surface area (Å²) < 4.78 is 5.49. The topological polar surface area (TPSA) is 51.2 Å². The number of nitrogens with zero attached hydrogens (tertiary/aromatic N) is 1. The van der Waals surface area contributed by atoms with Crippen molar-refractivity contribution in [1.29, 1.82) is 0 Å². The lowest BCUT2D eigenvalue weighted by Gasteiger charge is -2.16. The van der Waals surface area contributed by atoms with E-state index < -0.39 is 0 Å². The van der Waals surface area contributed by atoms with Crippen LogP contribution in [0.3, 0.4) is 0 Å². The van der Waals surface area contributed by atoms with E-state index in [1.54, 1.807) is 6.20 Å². The highest BCUT2D eigenvalue weighted by Gasteiger charge is 2.33. The Morgan fingerprint density at radius 2 is 2.05 bits per heavy atom. The Morgan fingerprint density at radius 1 is 1.19 bits per heavy atom. The fourth-order valence-electron chi connectivity index (χ4n) is 3.24. The molecule has 0 radical (unpaired) electrons. The van der Waals surface area contributed by atoms with Crippen molar-refractivity contribution in [2.24, 2.45) is 0 Å². The Morgan fingerprint density at radius 3 is 3.00 bits per heavy atom. The minimum absolute atomic E-state index is 0.0310. The van der Waals surface area contributed by atoms with Gasteiger partial charge in [-0.25, -0.2) is 4.98 Å². The number of carbonyl (C=O) groups excluding carboxylic acids is 1. The number of rotatable bonds is 2. The molecule has 0 fully saturated rings. The molecule has 4 rings (SSSR count). The molecule has 1 aliphatic carbocycles. The van der Waals surface area contributed by atoms with Crippen LogP contribution in [-0.4, -0.2) is 17.5 Å². The van der Waals surface area contributed by atoms with E-state index >= 15 is 0 Å². The average Bonchev–Trinajstić information content (AvgIpc) is 3.12. The van der Waals surface area contributed by atoms with Crippen LogP contribution < -0.4 is 10.1 Å². The monoisotopic (exact) mass is 280 g/mol. The molecule has 4 heteroatoms. The van der Waals surface area contributed by atoms with Crippen molar-refractivity contribution in [3.8, 4) is 5.88 Å². The molecule has 2 atom stereocenters. The molecular weight excluding hydrogens is 264 g/mol. The van der Waals surface area contributed by atoms with E-state index in [-0.39, 0.29) is 17.9 Å². The summed E-state index contributed by atoms with van der Waals surface area (Å²) in [4.78, 5) is 16.7. The van der Waals surface area contributed by atoms with E-state index in [0.717, 1.165) is 18.4 Å². The first kappa shape index (κ1) is 12.4. The molecule has 1 amide bonds. The number of carbonyl (C=O) groups is 1. The summed E-state index contributed by atoms with van der Waals surface area (Å²) in [7, 11) is 0. The predicted octanol–water partition coefficient (Wildman–Crippen LogP) is 2.36. The van der Waals surface area contributed by atoms with Crippen LogP contribution in [0.5, 0.6) is 5.88 Å². The van der Waals surface area contributed by atoms with Crippen LogP contribution in [0.4, 0.5) is 0 Å². The van der Waals surface area contributed by atoms with E-state index in [0.29, 0.717) is 12.5 Å². The Balaban J connectivity index is 1.53. The van der Waals surface area contributed by atoms with Gasteiger partial charge < -0.3 is 10.1 Å². The molecule has 1 aliphatic heterocycles. The molecule has 1 aromatic carbocycles. The second kappa shape index (κ2) is 4.88. The third-order valence-electron chi connectivity index (χ3n) is 4.33. The van der Waals surface area contributed by atoms with E-state index in [4.69, 9.17) is 4.74 Å². The number of benzene rings is 1. The zero-order chi connectivity index (χ0) is 14.2. The summed E-state index contributed by atoms with van der Waals surface area (Å²) in [6.45, 7) is 0.381. The largest absolute Gasteiger partial charge is 0.476 e. The molecule has 2 aliphatic rings. The van der Waals surface area contributed by atoms with Gasteiger partial charge in [-0.2, -0.15) is 0 Å². The van der Waals surface area contributed by atoms with Gasteiger partial charge in [0.05, 0.1) is 6.04 Å². The molecule has 0 saturated carbocycles. The maximum atomic E-state index is 12.6. The summed E-state index contributed by atoms with van der Waals surface area (Å²) in [5.41, 5.74) is 3.48. The predicted molar refractivity (Wildman–Crippen MR) is 78.1 cm³/mol. The van der Waals surface area contributed by atoms with Crippen molar-refractivity contribution in [2.75, 3.05) is 6.61 Å². The van der Waals surface area contributed by atoms with Gasteiger partial charge in [0.2, 0.25) is 11.8 Å². The lowest BCUT2D eigenvalue weighted by molar-refractivity contribution is -0.123. The number of hydrogen-bond acceptors (Lipinski definition) is 3. The lowest BCUT2D eigenvalue weighted by Crippen LogP contribution is -2.32. The second-order valence-electron chi connectivity index (χ2n) is 5.56. The van der Waals surface area contributed by atoms with Crippen LogP contribution in [0.2, 0.25) is 0 Å². The Kier molecular flexibility index (Phi) is 2.88. The fraction of sp³-hybridized carbons (Fsp3) is 0.294. The standard InChI is InChI=1S/C17H16N2O2/c20-16(14-10-21-17-13(14)6-3-9-18-17)19-15-8-7-11-4-1-2-5-12(11)15/h1-6,9,14-15H,7-8,10H2,(H,19,20)/t14-,15+/m0/s1. The van der Waals surface area contributed by atoms with E-state index in [1.165, 1.54) is 11.1 Å². The summed E-state index contributed by atoms with van der Waals surface area (Å²) >= 11 is 0. The third kappa shape index (κ3) is 2.07. The minimum atomic E-state index is -0.249. The number of fused-ring (bicyclic) bond motifs is 2. The molecule has 1 aromatic heterocycles. The lowest BCUT2D eigenvalue weighted by atomic mass is 10.0. The van der Waals surface area contributed by atoms with Gasteiger partial charge in [0, 0.05) is 11.8 Å². The first-order valence-electron chi connectivity index (χ1n) is 7.29.